The van der Waals surface area contributed by atoms with Gasteiger partial charge in [0, 0.05) is 53.9 Å². The highest BCUT2D eigenvalue weighted by Crippen LogP contribution is 2.32. The van der Waals surface area contributed by atoms with Crippen molar-refractivity contribution < 1.29 is 22.1 Å². The number of para-hydroxylation sites is 10. The van der Waals surface area contributed by atoms with E-state index >= 15 is 0 Å². The molecule has 0 spiro atoms. The van der Waals surface area contributed by atoms with Crippen molar-refractivity contribution in [2.45, 2.75) is 180 Å². The number of fused-ring (bicyclic) bond motifs is 15. The van der Waals surface area contributed by atoms with Crippen molar-refractivity contribution in [1.82, 2.24) is 9.80 Å². The number of nitrogens with zero attached hydrogens (tertiary/aromatic N) is 2. The first-order valence-corrected chi connectivity index (χ1v) is 37.7. The fraction of sp³-hybridized carbons (Fsp3) is 0.348. The lowest BCUT2D eigenvalue weighted by atomic mass is 10.2. The van der Waals surface area contributed by atoms with Crippen molar-refractivity contribution in [3.8, 4) is 0 Å². The standard InChI is InChI=1S/5C12H8O.2C6H15N.10C2H6/c5*1-3-7-11-9(5-1)10-6-2-4-8-12(10)13-11;2*1-4-7(5-2)6-3;10*1-2/h5*1-8H;2*4-6H2,1-3H3;10*1-2H3. The van der Waals surface area contributed by atoms with Crippen molar-refractivity contribution in [1.29, 1.82) is 0 Å². The van der Waals surface area contributed by atoms with E-state index in [4.69, 9.17) is 22.1 Å². The zero-order chi connectivity index (χ0) is 74.8. The molecular formula is C92H130N2O5. The molecule has 0 saturated carbocycles. The number of benzene rings is 10. The third kappa shape index (κ3) is 28.9. The van der Waals surface area contributed by atoms with Crippen LogP contribution in [-0.2, 0) is 0 Å². The summed E-state index contributed by atoms with van der Waals surface area (Å²) in [6, 6.07) is 81.0. The molecule has 0 fully saturated rings. The maximum absolute atomic E-state index is 5.65. The Morgan fingerprint density at radius 2 is 0.232 bits per heavy atom. The highest BCUT2D eigenvalue weighted by Gasteiger charge is 2.07. The van der Waals surface area contributed by atoms with Crippen LogP contribution in [0, 0.1) is 0 Å². The Labute approximate surface area is 600 Å². The molecular weight excluding hydrogens is 1210 g/mol. The van der Waals surface area contributed by atoms with Gasteiger partial charge in [0.2, 0.25) is 0 Å². The first kappa shape index (κ1) is 92.2. The minimum absolute atomic E-state index is 0.962. The number of hydrogen-bond donors (Lipinski definition) is 0. The summed E-state index contributed by atoms with van der Waals surface area (Å²) in [6.07, 6.45) is 0. The molecule has 99 heavy (non-hydrogen) atoms. The van der Waals surface area contributed by atoms with Crippen molar-refractivity contribution in [3.63, 3.8) is 0 Å². The third-order valence-electron chi connectivity index (χ3n) is 14.1. The second-order valence-corrected chi connectivity index (χ2v) is 18.7. The lowest BCUT2D eigenvalue weighted by Gasteiger charge is -2.13. The summed E-state index contributed by atoms with van der Waals surface area (Å²) in [6.45, 7) is 60.2. The second kappa shape index (κ2) is 59.2. The monoisotopic (exact) mass is 1340 g/mol. The maximum Gasteiger partial charge on any atom is 0.135 e. The molecule has 15 rings (SSSR count). The number of furan rings is 5. The molecule has 5 heterocycles. The SMILES string of the molecule is CC.CC.CC.CC.CC.CC.CC.CC.CC.CC.CCN(CC)CC.CCN(CC)CC.c1ccc2c(c1)oc1ccccc12.c1ccc2c(c1)oc1ccccc12.c1ccc2c(c1)oc1ccccc12.c1ccc2c(c1)oc1ccccc12.c1ccc2c(c1)oc1ccccc12. The molecule has 0 aliphatic rings. The summed E-state index contributed by atoms with van der Waals surface area (Å²) in [5.74, 6) is 0. The van der Waals surface area contributed by atoms with E-state index < -0.39 is 0 Å². The van der Waals surface area contributed by atoms with Crippen molar-refractivity contribution in [2.24, 2.45) is 0 Å². The van der Waals surface area contributed by atoms with E-state index in [0.29, 0.717) is 0 Å². The van der Waals surface area contributed by atoms with Gasteiger partial charge in [0.1, 0.15) is 55.8 Å². The Bertz CT molecular complexity index is 3390. The van der Waals surface area contributed by atoms with Crippen LogP contribution in [0.2, 0.25) is 0 Å². The van der Waals surface area contributed by atoms with E-state index in [1.165, 1.54) is 93.1 Å². The van der Waals surface area contributed by atoms with Crippen molar-refractivity contribution in [2.75, 3.05) is 39.3 Å². The molecule has 0 saturated heterocycles. The molecule has 0 unspecified atom stereocenters. The Hall–Kier alpha value is -8.88. The number of hydrogen-bond acceptors (Lipinski definition) is 7. The largest absolute Gasteiger partial charge is 0.456 e. The fourth-order valence-corrected chi connectivity index (χ4v) is 9.72. The van der Waals surface area contributed by atoms with Crippen LogP contribution in [0.25, 0.3) is 110 Å². The average Bonchev–Trinajstić information content (AvgIpc) is 1.72. The lowest BCUT2D eigenvalue weighted by molar-refractivity contribution is 0.321. The van der Waals surface area contributed by atoms with Crippen LogP contribution in [0.3, 0.4) is 0 Å². The number of rotatable bonds is 6. The smallest absolute Gasteiger partial charge is 0.135 e. The fourth-order valence-electron chi connectivity index (χ4n) is 9.72. The van der Waals surface area contributed by atoms with E-state index in [0.717, 1.165) is 55.8 Å². The van der Waals surface area contributed by atoms with E-state index in [1.54, 1.807) is 0 Å². The summed E-state index contributed by atoms with van der Waals surface area (Å²) < 4.78 is 28.3. The van der Waals surface area contributed by atoms with Crippen molar-refractivity contribution >= 4 is 110 Å². The summed E-state index contributed by atoms with van der Waals surface area (Å²) in [4.78, 5) is 4.75. The van der Waals surface area contributed by atoms with Gasteiger partial charge in [0.25, 0.3) is 0 Å². The Morgan fingerprint density at radius 3 is 0.303 bits per heavy atom. The van der Waals surface area contributed by atoms with Crippen LogP contribution < -0.4 is 0 Å². The van der Waals surface area contributed by atoms with Gasteiger partial charge in [-0.15, -0.1) is 0 Å². The predicted molar refractivity (Wildman–Crippen MR) is 449 cm³/mol. The minimum Gasteiger partial charge on any atom is -0.456 e. The van der Waals surface area contributed by atoms with Gasteiger partial charge in [-0.2, -0.15) is 0 Å². The summed E-state index contributed by atoms with van der Waals surface area (Å²) in [5, 5.41) is 11.9. The Morgan fingerprint density at radius 1 is 0.152 bits per heavy atom. The molecule has 0 bridgehead atoms. The van der Waals surface area contributed by atoms with Gasteiger partial charge in [0.05, 0.1) is 0 Å². The molecule has 0 aliphatic carbocycles. The van der Waals surface area contributed by atoms with Crippen LogP contribution in [0.15, 0.2) is 265 Å². The summed E-state index contributed by atoms with van der Waals surface area (Å²) >= 11 is 0. The Kier molecular flexibility index (Phi) is 55.1. The van der Waals surface area contributed by atoms with Gasteiger partial charge in [-0.1, -0.05) is 362 Å². The van der Waals surface area contributed by atoms with Gasteiger partial charge in [-0.3, -0.25) is 0 Å². The second-order valence-electron chi connectivity index (χ2n) is 18.7. The average molecular weight is 1340 g/mol. The third-order valence-corrected chi connectivity index (χ3v) is 14.1. The molecule has 10 aromatic carbocycles. The zero-order valence-corrected chi connectivity index (χ0v) is 66.3. The predicted octanol–water partition coefficient (Wildman–Crippen LogP) is 30.9. The molecule has 0 amide bonds. The molecule has 0 N–H and O–H groups in total. The summed E-state index contributed by atoms with van der Waals surface area (Å²) in [7, 11) is 0. The van der Waals surface area contributed by atoms with Gasteiger partial charge in [-0.25, -0.2) is 0 Å². The van der Waals surface area contributed by atoms with E-state index in [2.05, 4.69) is 112 Å². The van der Waals surface area contributed by atoms with Gasteiger partial charge in [-0.05, 0) is 99.9 Å². The van der Waals surface area contributed by atoms with Crippen molar-refractivity contribution in [3.05, 3.63) is 243 Å². The van der Waals surface area contributed by atoms with Crippen LogP contribution >= 0.6 is 0 Å². The molecule has 7 heteroatoms. The first-order valence-electron chi connectivity index (χ1n) is 37.7. The van der Waals surface area contributed by atoms with Gasteiger partial charge in [0.15, 0.2) is 0 Å². The minimum atomic E-state index is 0.962. The highest BCUT2D eigenvalue weighted by atomic mass is 16.3. The topological polar surface area (TPSA) is 72.2 Å². The zero-order valence-electron chi connectivity index (χ0n) is 66.3. The first-order chi connectivity index (χ1) is 48.9. The molecule has 5 aromatic heterocycles. The normalized spacial score (nSPS) is 9.33. The van der Waals surface area contributed by atoms with E-state index in [1.807, 2.05) is 320 Å². The van der Waals surface area contributed by atoms with E-state index in [9.17, 15) is 0 Å². The van der Waals surface area contributed by atoms with Crippen LogP contribution in [0.1, 0.15) is 180 Å². The van der Waals surface area contributed by atoms with Gasteiger partial charge >= 0.3 is 0 Å². The quantitative estimate of drug-likeness (QED) is 0.164. The van der Waals surface area contributed by atoms with Crippen LogP contribution in [-0.4, -0.2) is 49.1 Å². The van der Waals surface area contributed by atoms with E-state index in [-0.39, 0.29) is 0 Å². The molecule has 7 nitrogen and oxygen atoms in total. The molecule has 538 valence electrons. The van der Waals surface area contributed by atoms with Gasteiger partial charge < -0.3 is 31.9 Å². The Balaban J connectivity index is 0. The van der Waals surface area contributed by atoms with Crippen LogP contribution in [0.5, 0.6) is 0 Å². The maximum atomic E-state index is 5.65. The molecule has 0 aliphatic heterocycles. The molecule has 0 radical (unpaired) electrons. The molecule has 0 atom stereocenters. The van der Waals surface area contributed by atoms with Crippen LogP contribution in [0.4, 0.5) is 0 Å². The summed E-state index contributed by atoms with van der Waals surface area (Å²) in [5.41, 5.74) is 9.62. The lowest BCUT2D eigenvalue weighted by Crippen LogP contribution is -2.21. The molecule has 15 aromatic rings. The highest BCUT2D eigenvalue weighted by molar-refractivity contribution is 6.08.